The molecule has 0 radical (unpaired) electrons. The van der Waals surface area contributed by atoms with Crippen molar-refractivity contribution in [3.8, 4) is 0 Å². The van der Waals surface area contributed by atoms with E-state index in [1.165, 1.54) is 39.9 Å². The summed E-state index contributed by atoms with van der Waals surface area (Å²) < 4.78 is 1.27. The predicted molar refractivity (Wildman–Crippen MR) is 84.3 cm³/mol. The molecule has 0 saturated heterocycles. The molecule has 1 aromatic heterocycles. The Morgan fingerprint density at radius 3 is 2.78 bits per heavy atom. The first kappa shape index (κ1) is 14.5. The average Bonchev–Trinajstić information content (AvgIpc) is 2.88. The molecule has 1 heterocycles. The molecule has 3 unspecified atom stereocenters. The van der Waals surface area contributed by atoms with Crippen LogP contribution in [0.25, 0.3) is 0 Å². The lowest BCUT2D eigenvalue weighted by Gasteiger charge is -2.27. The first-order valence-electron chi connectivity index (χ1n) is 7.12. The molecule has 0 aliphatic heterocycles. The molecule has 1 fully saturated rings. The van der Waals surface area contributed by atoms with Crippen molar-refractivity contribution in [2.75, 3.05) is 6.54 Å². The largest absolute Gasteiger partial charge is 0.309 e. The van der Waals surface area contributed by atoms with E-state index in [1.807, 2.05) is 11.3 Å². The van der Waals surface area contributed by atoms with Crippen molar-refractivity contribution in [3.63, 3.8) is 0 Å². The minimum atomic E-state index is 0.567. The fraction of sp³-hybridized carbons (Fsp3) is 0.733. The van der Waals surface area contributed by atoms with Crippen molar-refractivity contribution in [1.82, 2.24) is 5.32 Å². The van der Waals surface area contributed by atoms with Crippen LogP contribution >= 0.6 is 27.3 Å². The number of thiophene rings is 1. The normalized spacial score (nSPS) is 25.6. The summed E-state index contributed by atoms with van der Waals surface area (Å²) in [6, 6.07) is 2.90. The van der Waals surface area contributed by atoms with Crippen LogP contribution in [0, 0.1) is 18.8 Å². The van der Waals surface area contributed by atoms with Crippen LogP contribution in [0.15, 0.2) is 10.5 Å². The molecular formula is C15H24BrNS. The van der Waals surface area contributed by atoms with E-state index in [0.717, 1.165) is 18.4 Å². The van der Waals surface area contributed by atoms with Crippen LogP contribution in [0.4, 0.5) is 0 Å². The van der Waals surface area contributed by atoms with Gasteiger partial charge in [-0.15, -0.1) is 11.3 Å². The van der Waals surface area contributed by atoms with Gasteiger partial charge in [0.25, 0.3) is 0 Å². The highest BCUT2D eigenvalue weighted by Gasteiger charge is 2.32. The molecular weight excluding hydrogens is 306 g/mol. The number of aryl methyl sites for hydroxylation is 1. The zero-order chi connectivity index (χ0) is 13.1. The Labute approximate surface area is 123 Å². The van der Waals surface area contributed by atoms with Gasteiger partial charge in [-0.2, -0.15) is 0 Å². The van der Waals surface area contributed by atoms with E-state index in [1.54, 1.807) is 0 Å². The first-order chi connectivity index (χ1) is 8.63. The summed E-state index contributed by atoms with van der Waals surface area (Å²) in [5.41, 5.74) is 0. The molecule has 2 rings (SSSR count). The Kier molecular flexibility index (Phi) is 5.28. The predicted octanol–water partition coefficient (Wildman–Crippen LogP) is 5.30. The lowest BCUT2D eigenvalue weighted by molar-refractivity contribution is 0.305. The number of rotatable bonds is 5. The first-order valence-corrected chi connectivity index (χ1v) is 8.73. The lowest BCUT2D eigenvalue weighted by Crippen LogP contribution is -2.29. The summed E-state index contributed by atoms with van der Waals surface area (Å²) in [5.74, 6) is 1.68. The van der Waals surface area contributed by atoms with Crippen LogP contribution in [0.1, 0.15) is 55.3 Å². The number of hydrogen-bond acceptors (Lipinski definition) is 2. The molecule has 1 aromatic rings. The van der Waals surface area contributed by atoms with Crippen molar-refractivity contribution in [2.24, 2.45) is 11.8 Å². The van der Waals surface area contributed by atoms with Crippen LogP contribution in [-0.4, -0.2) is 6.54 Å². The van der Waals surface area contributed by atoms with Gasteiger partial charge in [-0.25, -0.2) is 0 Å². The highest BCUT2D eigenvalue weighted by Crippen LogP contribution is 2.43. The maximum Gasteiger partial charge on any atom is 0.0446 e. The molecule has 102 valence electrons. The monoisotopic (exact) mass is 329 g/mol. The third kappa shape index (κ3) is 3.17. The Bertz CT molecular complexity index is 368. The zero-order valence-corrected chi connectivity index (χ0v) is 14.0. The Morgan fingerprint density at radius 2 is 2.28 bits per heavy atom. The molecule has 0 aromatic carbocycles. The maximum absolute atomic E-state index is 3.79. The van der Waals surface area contributed by atoms with Crippen LogP contribution in [0.5, 0.6) is 0 Å². The summed E-state index contributed by atoms with van der Waals surface area (Å²) in [5, 5.41) is 3.79. The van der Waals surface area contributed by atoms with Crippen molar-refractivity contribution in [3.05, 3.63) is 20.3 Å². The zero-order valence-electron chi connectivity index (χ0n) is 11.6. The SMILES string of the molecule is CCCNC(c1cc(Br)c(C)s1)C1CCCC1C. The molecule has 3 atom stereocenters. The van der Waals surface area contributed by atoms with E-state index < -0.39 is 0 Å². The van der Waals surface area contributed by atoms with E-state index in [2.05, 4.69) is 48.1 Å². The summed E-state index contributed by atoms with van der Waals surface area (Å²) in [4.78, 5) is 2.92. The number of nitrogens with one attached hydrogen (secondary N) is 1. The van der Waals surface area contributed by atoms with Gasteiger partial charge in [0, 0.05) is 20.3 Å². The standard InChI is InChI=1S/C15H24BrNS/c1-4-8-17-15(12-7-5-6-10(12)2)14-9-13(16)11(3)18-14/h9-10,12,15,17H,4-8H2,1-3H3. The van der Waals surface area contributed by atoms with Gasteiger partial charge in [-0.3, -0.25) is 0 Å². The van der Waals surface area contributed by atoms with Gasteiger partial charge < -0.3 is 5.32 Å². The summed E-state index contributed by atoms with van der Waals surface area (Å²) >= 11 is 5.61. The van der Waals surface area contributed by atoms with Crippen molar-refractivity contribution in [2.45, 2.75) is 52.5 Å². The van der Waals surface area contributed by atoms with Gasteiger partial charge >= 0.3 is 0 Å². The third-order valence-corrected chi connectivity index (χ3v) is 6.37. The topological polar surface area (TPSA) is 12.0 Å². The quantitative estimate of drug-likeness (QED) is 0.773. The Hall–Kier alpha value is 0.140. The summed E-state index contributed by atoms with van der Waals surface area (Å²) in [6.45, 7) is 8.00. The van der Waals surface area contributed by atoms with Crippen molar-refractivity contribution in [1.29, 1.82) is 0 Å². The lowest BCUT2D eigenvalue weighted by atomic mass is 9.89. The minimum Gasteiger partial charge on any atom is -0.309 e. The molecule has 1 aliphatic rings. The molecule has 1 aliphatic carbocycles. The second-order valence-corrected chi connectivity index (χ2v) is 7.70. The van der Waals surface area contributed by atoms with Gasteiger partial charge in [0.1, 0.15) is 0 Å². The van der Waals surface area contributed by atoms with E-state index in [0.29, 0.717) is 6.04 Å². The van der Waals surface area contributed by atoms with E-state index in [4.69, 9.17) is 0 Å². The highest BCUT2D eigenvalue weighted by molar-refractivity contribution is 9.10. The van der Waals surface area contributed by atoms with Gasteiger partial charge in [-0.05, 0) is 60.1 Å². The summed E-state index contributed by atoms with van der Waals surface area (Å²) in [6.07, 6.45) is 5.41. The molecule has 1 N–H and O–H groups in total. The molecule has 1 nitrogen and oxygen atoms in total. The van der Waals surface area contributed by atoms with E-state index >= 15 is 0 Å². The van der Waals surface area contributed by atoms with Crippen molar-refractivity contribution >= 4 is 27.3 Å². The van der Waals surface area contributed by atoms with Crippen molar-refractivity contribution < 1.29 is 0 Å². The minimum absolute atomic E-state index is 0.567. The second kappa shape index (κ2) is 6.53. The van der Waals surface area contributed by atoms with Gasteiger partial charge in [0.2, 0.25) is 0 Å². The van der Waals surface area contributed by atoms with Gasteiger partial charge in [-0.1, -0.05) is 26.7 Å². The fourth-order valence-electron chi connectivity index (χ4n) is 3.07. The molecule has 1 saturated carbocycles. The van der Waals surface area contributed by atoms with Gasteiger partial charge in [0.15, 0.2) is 0 Å². The number of halogens is 1. The maximum atomic E-state index is 3.79. The molecule has 0 spiro atoms. The Morgan fingerprint density at radius 1 is 1.50 bits per heavy atom. The van der Waals surface area contributed by atoms with Crippen LogP contribution in [-0.2, 0) is 0 Å². The van der Waals surface area contributed by atoms with Crippen LogP contribution in [0.3, 0.4) is 0 Å². The average molecular weight is 330 g/mol. The molecule has 0 amide bonds. The smallest absolute Gasteiger partial charge is 0.0446 e. The summed E-state index contributed by atoms with van der Waals surface area (Å²) in [7, 11) is 0. The third-order valence-electron chi connectivity index (χ3n) is 4.15. The second-order valence-electron chi connectivity index (χ2n) is 5.56. The number of hydrogen-bond donors (Lipinski definition) is 1. The highest BCUT2D eigenvalue weighted by atomic mass is 79.9. The van der Waals surface area contributed by atoms with E-state index in [-0.39, 0.29) is 0 Å². The molecule has 3 heteroatoms. The van der Waals surface area contributed by atoms with Crippen LogP contribution < -0.4 is 5.32 Å². The van der Waals surface area contributed by atoms with Gasteiger partial charge in [0.05, 0.1) is 0 Å². The molecule has 0 bridgehead atoms. The Balaban J connectivity index is 2.18. The fourth-order valence-corrected chi connectivity index (χ4v) is 4.78. The van der Waals surface area contributed by atoms with Crippen LogP contribution in [0.2, 0.25) is 0 Å². The molecule has 18 heavy (non-hydrogen) atoms. The van der Waals surface area contributed by atoms with E-state index in [9.17, 15) is 0 Å².